The van der Waals surface area contributed by atoms with Gasteiger partial charge in [-0.25, -0.2) is 0 Å². The number of nitrogen functional groups attached to an aromatic ring is 1. The molecular formula is C19H24N2. The van der Waals surface area contributed by atoms with Crippen LogP contribution in [0.2, 0.25) is 0 Å². The summed E-state index contributed by atoms with van der Waals surface area (Å²) >= 11 is 0. The SMILES string of the molecule is Cc1ccc(Cc2ccc(N3CCCCC3)c(N)c2)cc1. The zero-order valence-electron chi connectivity index (χ0n) is 12.8. The van der Waals surface area contributed by atoms with E-state index in [-0.39, 0.29) is 0 Å². The van der Waals surface area contributed by atoms with E-state index in [2.05, 4.69) is 54.3 Å². The fourth-order valence-electron chi connectivity index (χ4n) is 3.08. The summed E-state index contributed by atoms with van der Waals surface area (Å²) in [5, 5.41) is 0. The van der Waals surface area contributed by atoms with Gasteiger partial charge in [-0.1, -0.05) is 35.9 Å². The van der Waals surface area contributed by atoms with Crippen molar-refractivity contribution in [1.82, 2.24) is 0 Å². The maximum absolute atomic E-state index is 6.29. The van der Waals surface area contributed by atoms with Crippen LogP contribution >= 0.6 is 0 Å². The first-order valence-corrected chi connectivity index (χ1v) is 7.91. The first-order chi connectivity index (χ1) is 10.2. The quantitative estimate of drug-likeness (QED) is 0.855. The highest BCUT2D eigenvalue weighted by Gasteiger charge is 2.13. The van der Waals surface area contributed by atoms with Crippen LogP contribution in [0, 0.1) is 6.92 Å². The number of aryl methyl sites for hydroxylation is 1. The van der Waals surface area contributed by atoms with Crippen molar-refractivity contribution >= 4 is 11.4 Å². The van der Waals surface area contributed by atoms with E-state index in [1.54, 1.807) is 0 Å². The molecule has 1 saturated heterocycles. The third-order valence-electron chi connectivity index (χ3n) is 4.32. The van der Waals surface area contributed by atoms with Gasteiger partial charge < -0.3 is 10.6 Å². The number of piperidine rings is 1. The Kier molecular flexibility index (Phi) is 4.14. The summed E-state index contributed by atoms with van der Waals surface area (Å²) in [4.78, 5) is 2.43. The molecule has 1 aliphatic heterocycles. The lowest BCUT2D eigenvalue weighted by Crippen LogP contribution is -2.30. The van der Waals surface area contributed by atoms with E-state index < -0.39 is 0 Å². The van der Waals surface area contributed by atoms with E-state index in [1.165, 1.54) is 41.6 Å². The van der Waals surface area contributed by atoms with E-state index >= 15 is 0 Å². The molecule has 2 heteroatoms. The molecular weight excluding hydrogens is 256 g/mol. The summed E-state index contributed by atoms with van der Waals surface area (Å²) in [6.45, 7) is 4.40. The molecule has 21 heavy (non-hydrogen) atoms. The van der Waals surface area contributed by atoms with Crippen LogP contribution in [0.1, 0.15) is 36.0 Å². The largest absolute Gasteiger partial charge is 0.397 e. The number of hydrogen-bond donors (Lipinski definition) is 1. The molecule has 110 valence electrons. The lowest BCUT2D eigenvalue weighted by molar-refractivity contribution is 0.578. The second kappa shape index (κ2) is 6.21. The van der Waals surface area contributed by atoms with Gasteiger partial charge in [0.1, 0.15) is 0 Å². The van der Waals surface area contributed by atoms with E-state index in [9.17, 15) is 0 Å². The van der Waals surface area contributed by atoms with Crippen molar-refractivity contribution in [2.45, 2.75) is 32.6 Å². The molecule has 1 fully saturated rings. The molecule has 0 radical (unpaired) electrons. The van der Waals surface area contributed by atoms with Crippen molar-refractivity contribution in [3.63, 3.8) is 0 Å². The van der Waals surface area contributed by atoms with Gasteiger partial charge in [-0.15, -0.1) is 0 Å². The molecule has 3 rings (SSSR count). The Hall–Kier alpha value is -1.96. The predicted octanol–water partition coefficient (Wildman–Crippen LogP) is 4.16. The zero-order valence-corrected chi connectivity index (χ0v) is 12.8. The van der Waals surface area contributed by atoms with Gasteiger partial charge in [0.25, 0.3) is 0 Å². The molecule has 0 amide bonds. The summed E-state index contributed by atoms with van der Waals surface area (Å²) < 4.78 is 0. The first-order valence-electron chi connectivity index (χ1n) is 7.91. The van der Waals surface area contributed by atoms with Gasteiger partial charge in [0, 0.05) is 13.1 Å². The molecule has 0 saturated carbocycles. The van der Waals surface area contributed by atoms with E-state index in [0.29, 0.717) is 0 Å². The second-order valence-corrected chi connectivity index (χ2v) is 6.10. The van der Waals surface area contributed by atoms with Crippen molar-refractivity contribution in [3.8, 4) is 0 Å². The Morgan fingerprint density at radius 2 is 1.57 bits per heavy atom. The lowest BCUT2D eigenvalue weighted by atomic mass is 10.0. The minimum absolute atomic E-state index is 0.918. The van der Waals surface area contributed by atoms with Gasteiger partial charge >= 0.3 is 0 Å². The summed E-state index contributed by atoms with van der Waals surface area (Å²) in [6.07, 6.45) is 4.86. The number of hydrogen-bond acceptors (Lipinski definition) is 2. The van der Waals surface area contributed by atoms with Crippen LogP contribution in [0.3, 0.4) is 0 Å². The lowest BCUT2D eigenvalue weighted by Gasteiger charge is -2.30. The van der Waals surface area contributed by atoms with E-state index in [0.717, 1.165) is 25.2 Å². The van der Waals surface area contributed by atoms with Crippen molar-refractivity contribution in [2.24, 2.45) is 0 Å². The Labute approximate surface area is 127 Å². The molecule has 0 atom stereocenters. The molecule has 0 aliphatic carbocycles. The molecule has 2 aromatic rings. The van der Waals surface area contributed by atoms with Crippen LogP contribution in [-0.2, 0) is 6.42 Å². The van der Waals surface area contributed by atoms with Crippen molar-refractivity contribution in [2.75, 3.05) is 23.7 Å². The molecule has 0 bridgehead atoms. The maximum Gasteiger partial charge on any atom is 0.0600 e. The number of nitrogens with two attached hydrogens (primary N) is 1. The van der Waals surface area contributed by atoms with Gasteiger partial charge in [-0.05, 0) is 55.9 Å². The highest BCUT2D eigenvalue weighted by Crippen LogP contribution is 2.28. The number of nitrogens with zero attached hydrogens (tertiary/aromatic N) is 1. The molecule has 2 N–H and O–H groups in total. The Balaban J connectivity index is 1.75. The van der Waals surface area contributed by atoms with Crippen LogP contribution < -0.4 is 10.6 Å². The molecule has 0 spiro atoms. The normalized spacial score (nSPS) is 15.2. The van der Waals surface area contributed by atoms with Crippen LogP contribution in [0.4, 0.5) is 11.4 Å². The summed E-state index contributed by atoms with van der Waals surface area (Å²) in [6, 6.07) is 15.3. The van der Waals surface area contributed by atoms with Crippen LogP contribution in [0.15, 0.2) is 42.5 Å². The summed E-state index contributed by atoms with van der Waals surface area (Å²) in [5.41, 5.74) is 12.3. The predicted molar refractivity (Wildman–Crippen MR) is 90.9 cm³/mol. The summed E-state index contributed by atoms with van der Waals surface area (Å²) in [5.74, 6) is 0. The highest BCUT2D eigenvalue weighted by atomic mass is 15.1. The smallest absolute Gasteiger partial charge is 0.0600 e. The Morgan fingerprint density at radius 3 is 2.24 bits per heavy atom. The zero-order chi connectivity index (χ0) is 14.7. The molecule has 0 unspecified atom stereocenters. The van der Waals surface area contributed by atoms with E-state index in [1.807, 2.05) is 0 Å². The first kappa shape index (κ1) is 14.0. The maximum atomic E-state index is 6.29. The number of anilines is 2. The molecule has 0 aromatic heterocycles. The van der Waals surface area contributed by atoms with Crippen LogP contribution in [0.5, 0.6) is 0 Å². The molecule has 1 aliphatic rings. The molecule has 2 aromatic carbocycles. The fourth-order valence-corrected chi connectivity index (χ4v) is 3.08. The van der Waals surface area contributed by atoms with Crippen molar-refractivity contribution < 1.29 is 0 Å². The van der Waals surface area contributed by atoms with Gasteiger partial charge in [-0.3, -0.25) is 0 Å². The Morgan fingerprint density at radius 1 is 0.905 bits per heavy atom. The standard InChI is InChI=1S/C19H24N2/c1-15-5-7-16(8-6-15)13-17-9-10-19(18(20)14-17)21-11-3-2-4-12-21/h5-10,14H,2-4,11-13,20H2,1H3. The van der Waals surface area contributed by atoms with Gasteiger partial charge in [0.15, 0.2) is 0 Å². The van der Waals surface area contributed by atoms with E-state index in [4.69, 9.17) is 5.73 Å². The van der Waals surface area contributed by atoms with Crippen molar-refractivity contribution in [1.29, 1.82) is 0 Å². The van der Waals surface area contributed by atoms with Crippen LogP contribution in [-0.4, -0.2) is 13.1 Å². The Bertz CT molecular complexity index is 595. The summed E-state index contributed by atoms with van der Waals surface area (Å²) in [7, 11) is 0. The average Bonchev–Trinajstić information content (AvgIpc) is 2.51. The minimum atomic E-state index is 0.918. The van der Waals surface area contributed by atoms with Crippen molar-refractivity contribution in [3.05, 3.63) is 59.2 Å². The monoisotopic (exact) mass is 280 g/mol. The van der Waals surface area contributed by atoms with Gasteiger partial charge in [0.05, 0.1) is 11.4 Å². The third kappa shape index (κ3) is 3.38. The number of rotatable bonds is 3. The highest BCUT2D eigenvalue weighted by molar-refractivity contribution is 5.68. The molecule has 1 heterocycles. The average molecular weight is 280 g/mol. The second-order valence-electron chi connectivity index (χ2n) is 6.10. The minimum Gasteiger partial charge on any atom is -0.397 e. The van der Waals surface area contributed by atoms with Crippen LogP contribution in [0.25, 0.3) is 0 Å². The number of benzene rings is 2. The fraction of sp³-hybridized carbons (Fsp3) is 0.368. The molecule has 2 nitrogen and oxygen atoms in total. The topological polar surface area (TPSA) is 29.3 Å². The van der Waals surface area contributed by atoms with Gasteiger partial charge in [0.2, 0.25) is 0 Å². The third-order valence-corrected chi connectivity index (χ3v) is 4.32. The van der Waals surface area contributed by atoms with Gasteiger partial charge in [-0.2, -0.15) is 0 Å².